The number of rotatable bonds is 7. The molecule has 1 atom stereocenters. The van der Waals surface area contributed by atoms with Crippen LogP contribution in [0.5, 0.6) is 5.75 Å². The first kappa shape index (κ1) is 14.4. The van der Waals surface area contributed by atoms with Gasteiger partial charge in [-0.2, -0.15) is 0 Å². The highest BCUT2D eigenvalue weighted by Gasteiger charge is 2.12. The molecule has 0 radical (unpaired) electrons. The molecule has 0 heterocycles. The molecule has 4 heteroatoms. The average molecular weight is 251 g/mol. The van der Waals surface area contributed by atoms with Crippen molar-refractivity contribution in [2.24, 2.45) is 0 Å². The van der Waals surface area contributed by atoms with Gasteiger partial charge in [-0.25, -0.2) is 4.79 Å². The van der Waals surface area contributed by atoms with Crippen LogP contribution >= 0.6 is 0 Å². The van der Waals surface area contributed by atoms with Crippen LogP contribution < -0.4 is 10.1 Å². The lowest BCUT2D eigenvalue weighted by atomic mass is 10.0. The summed E-state index contributed by atoms with van der Waals surface area (Å²) < 4.78 is 5.16. The van der Waals surface area contributed by atoms with Gasteiger partial charge in [-0.05, 0) is 30.5 Å². The van der Waals surface area contributed by atoms with Gasteiger partial charge in [0.15, 0.2) is 0 Å². The molecular weight excluding hydrogens is 230 g/mol. The largest absolute Gasteiger partial charge is 0.497 e. The third kappa shape index (κ3) is 5.08. The monoisotopic (exact) mass is 251 g/mol. The lowest BCUT2D eigenvalue weighted by molar-refractivity contribution is 0.188. The zero-order valence-electron chi connectivity index (χ0n) is 11.0. The molecule has 0 aromatic heterocycles. The van der Waals surface area contributed by atoms with E-state index in [2.05, 4.69) is 12.2 Å². The fraction of sp³-hybridized carbons (Fsp3) is 0.500. The van der Waals surface area contributed by atoms with E-state index in [1.54, 1.807) is 7.11 Å². The van der Waals surface area contributed by atoms with Crippen molar-refractivity contribution in [1.29, 1.82) is 0 Å². The number of hydrogen-bond donors (Lipinski definition) is 2. The summed E-state index contributed by atoms with van der Waals surface area (Å²) in [5.41, 5.74) is 1.09. The van der Waals surface area contributed by atoms with Gasteiger partial charge in [-0.15, -0.1) is 0 Å². The van der Waals surface area contributed by atoms with Crippen molar-refractivity contribution in [2.75, 3.05) is 7.11 Å². The molecule has 2 N–H and O–H groups in total. The van der Waals surface area contributed by atoms with Gasteiger partial charge in [-0.1, -0.05) is 31.9 Å². The quantitative estimate of drug-likeness (QED) is 0.783. The predicted molar refractivity (Wildman–Crippen MR) is 71.2 cm³/mol. The van der Waals surface area contributed by atoms with E-state index in [0.29, 0.717) is 6.42 Å². The molecule has 0 saturated heterocycles. The molecule has 0 aliphatic carbocycles. The Morgan fingerprint density at radius 3 is 2.89 bits per heavy atom. The molecule has 4 nitrogen and oxygen atoms in total. The van der Waals surface area contributed by atoms with Crippen molar-refractivity contribution in [1.82, 2.24) is 5.32 Å². The van der Waals surface area contributed by atoms with Gasteiger partial charge in [-0.3, -0.25) is 0 Å². The lowest BCUT2D eigenvalue weighted by Crippen LogP contribution is -2.35. The Bertz CT molecular complexity index is 379. The van der Waals surface area contributed by atoms with Gasteiger partial charge in [0.05, 0.1) is 7.11 Å². The van der Waals surface area contributed by atoms with E-state index in [1.165, 1.54) is 0 Å². The number of carbonyl (C=O) groups is 1. The molecule has 1 unspecified atom stereocenters. The van der Waals surface area contributed by atoms with E-state index in [-0.39, 0.29) is 6.04 Å². The van der Waals surface area contributed by atoms with Crippen LogP contribution in [0.4, 0.5) is 4.79 Å². The van der Waals surface area contributed by atoms with Crippen LogP contribution in [0.2, 0.25) is 0 Å². The van der Waals surface area contributed by atoms with E-state index in [9.17, 15) is 4.79 Å². The number of methoxy groups -OCH3 is 1. The van der Waals surface area contributed by atoms with Crippen LogP contribution in [-0.2, 0) is 6.42 Å². The van der Waals surface area contributed by atoms with Crippen LogP contribution in [0.25, 0.3) is 0 Å². The molecule has 1 rings (SSSR count). The van der Waals surface area contributed by atoms with Crippen molar-refractivity contribution >= 4 is 6.09 Å². The van der Waals surface area contributed by atoms with Gasteiger partial charge < -0.3 is 15.2 Å². The molecule has 0 aliphatic rings. The molecule has 0 fully saturated rings. The Kier molecular flexibility index (Phi) is 6.05. The topological polar surface area (TPSA) is 58.6 Å². The van der Waals surface area contributed by atoms with Crippen LogP contribution in [-0.4, -0.2) is 24.4 Å². The number of unbranched alkanes of at least 4 members (excludes halogenated alkanes) is 1. The van der Waals surface area contributed by atoms with Crippen LogP contribution in [0.15, 0.2) is 24.3 Å². The second-order valence-electron chi connectivity index (χ2n) is 4.34. The summed E-state index contributed by atoms with van der Waals surface area (Å²) in [6, 6.07) is 7.71. The van der Waals surface area contributed by atoms with Gasteiger partial charge in [0.1, 0.15) is 5.75 Å². The smallest absolute Gasteiger partial charge is 0.404 e. The highest BCUT2D eigenvalue weighted by atomic mass is 16.5. The first-order valence-electron chi connectivity index (χ1n) is 6.28. The molecule has 0 spiro atoms. The van der Waals surface area contributed by atoms with Crippen molar-refractivity contribution in [3.63, 3.8) is 0 Å². The Morgan fingerprint density at radius 1 is 1.50 bits per heavy atom. The third-order valence-corrected chi connectivity index (χ3v) is 2.85. The van der Waals surface area contributed by atoms with E-state index < -0.39 is 6.09 Å². The normalized spacial score (nSPS) is 11.9. The summed E-state index contributed by atoms with van der Waals surface area (Å²) in [6.45, 7) is 2.10. The molecule has 0 bridgehead atoms. The fourth-order valence-electron chi connectivity index (χ4n) is 1.93. The lowest BCUT2D eigenvalue weighted by Gasteiger charge is -2.17. The van der Waals surface area contributed by atoms with E-state index in [0.717, 1.165) is 30.6 Å². The van der Waals surface area contributed by atoms with Crippen LogP contribution in [0.3, 0.4) is 0 Å². The minimum Gasteiger partial charge on any atom is -0.497 e. The Morgan fingerprint density at radius 2 is 2.28 bits per heavy atom. The SMILES string of the molecule is CCCCC(Cc1cccc(OC)c1)NC(=O)O. The number of hydrogen-bond acceptors (Lipinski definition) is 2. The fourth-order valence-corrected chi connectivity index (χ4v) is 1.93. The predicted octanol–water partition coefficient (Wildman–Crippen LogP) is 3.06. The molecule has 100 valence electrons. The minimum atomic E-state index is -0.959. The van der Waals surface area contributed by atoms with Crippen molar-refractivity contribution < 1.29 is 14.6 Å². The summed E-state index contributed by atoms with van der Waals surface area (Å²) in [6.07, 6.45) is 2.69. The average Bonchev–Trinajstić information content (AvgIpc) is 2.35. The molecule has 18 heavy (non-hydrogen) atoms. The summed E-state index contributed by atoms with van der Waals surface area (Å²) in [7, 11) is 1.63. The molecule has 1 aromatic rings. The highest BCUT2D eigenvalue weighted by Crippen LogP contribution is 2.15. The van der Waals surface area contributed by atoms with E-state index >= 15 is 0 Å². The number of amides is 1. The maximum absolute atomic E-state index is 10.8. The number of nitrogens with one attached hydrogen (secondary N) is 1. The van der Waals surface area contributed by atoms with Crippen LogP contribution in [0, 0.1) is 0 Å². The first-order valence-corrected chi connectivity index (χ1v) is 6.28. The van der Waals surface area contributed by atoms with Crippen molar-refractivity contribution in [3.05, 3.63) is 29.8 Å². The molecular formula is C14H21NO3. The van der Waals surface area contributed by atoms with Gasteiger partial charge in [0, 0.05) is 6.04 Å². The maximum atomic E-state index is 10.8. The molecule has 0 saturated carbocycles. The maximum Gasteiger partial charge on any atom is 0.404 e. The third-order valence-electron chi connectivity index (χ3n) is 2.85. The second-order valence-corrected chi connectivity index (χ2v) is 4.34. The van der Waals surface area contributed by atoms with Crippen molar-refractivity contribution in [2.45, 2.75) is 38.6 Å². The van der Waals surface area contributed by atoms with Crippen molar-refractivity contribution in [3.8, 4) is 5.75 Å². The summed E-state index contributed by atoms with van der Waals surface area (Å²) >= 11 is 0. The summed E-state index contributed by atoms with van der Waals surface area (Å²) in [4.78, 5) is 10.8. The zero-order valence-corrected chi connectivity index (χ0v) is 11.0. The zero-order chi connectivity index (χ0) is 13.4. The van der Waals surface area contributed by atoms with Gasteiger partial charge in [0.2, 0.25) is 0 Å². The Hall–Kier alpha value is -1.71. The number of carboxylic acid groups (broad SMARTS) is 1. The first-order chi connectivity index (χ1) is 8.65. The molecule has 0 aliphatic heterocycles. The van der Waals surface area contributed by atoms with E-state index in [4.69, 9.17) is 9.84 Å². The van der Waals surface area contributed by atoms with E-state index in [1.807, 2.05) is 24.3 Å². The molecule has 1 aromatic carbocycles. The summed E-state index contributed by atoms with van der Waals surface area (Å²) in [5.74, 6) is 0.803. The number of ether oxygens (including phenoxy) is 1. The van der Waals surface area contributed by atoms with Gasteiger partial charge in [0.25, 0.3) is 0 Å². The van der Waals surface area contributed by atoms with Crippen LogP contribution in [0.1, 0.15) is 31.7 Å². The second kappa shape index (κ2) is 7.58. The Balaban J connectivity index is 2.65. The molecule has 1 amide bonds. The standard InChI is InChI=1S/C14H21NO3/c1-3-4-7-12(15-14(16)17)9-11-6-5-8-13(10-11)18-2/h5-6,8,10,12,15H,3-4,7,9H2,1-2H3,(H,16,17). The Labute approximate surface area is 108 Å². The number of benzene rings is 1. The van der Waals surface area contributed by atoms with Gasteiger partial charge >= 0.3 is 6.09 Å². The minimum absolute atomic E-state index is 0.0328. The highest BCUT2D eigenvalue weighted by molar-refractivity contribution is 5.64. The summed E-state index contributed by atoms with van der Waals surface area (Å²) in [5, 5.41) is 11.4.